The van der Waals surface area contributed by atoms with Crippen LogP contribution in [0.5, 0.6) is 0 Å². The van der Waals surface area contributed by atoms with Gasteiger partial charge in [0.2, 0.25) is 0 Å². The summed E-state index contributed by atoms with van der Waals surface area (Å²) in [6.45, 7) is 7.72. The Morgan fingerprint density at radius 1 is 1.44 bits per heavy atom. The molecule has 0 aliphatic carbocycles. The van der Waals surface area contributed by atoms with E-state index in [0.29, 0.717) is 11.6 Å². The van der Waals surface area contributed by atoms with E-state index in [2.05, 4.69) is 31.1 Å². The highest BCUT2D eigenvalue weighted by molar-refractivity contribution is 5.59. The second-order valence-corrected chi connectivity index (χ2v) is 4.71. The molecule has 0 radical (unpaired) electrons. The molecule has 1 aromatic rings. The van der Waals surface area contributed by atoms with Crippen molar-refractivity contribution in [2.24, 2.45) is 0 Å². The molecule has 0 saturated heterocycles. The lowest BCUT2D eigenvalue weighted by atomic mass is 10.1. The maximum atomic E-state index is 10.8. The fourth-order valence-electron chi connectivity index (χ4n) is 1.64. The molecule has 1 rings (SSSR count). The zero-order chi connectivity index (χ0) is 13.7. The number of hydrogen-bond donors (Lipinski definition) is 1. The third-order valence-electron chi connectivity index (χ3n) is 3.16. The van der Waals surface area contributed by atoms with Crippen molar-refractivity contribution in [2.45, 2.75) is 26.8 Å². The molecular formula is C13H21N3O2. The van der Waals surface area contributed by atoms with Crippen LogP contribution in [0.4, 0.5) is 11.4 Å². The topological polar surface area (TPSA) is 58.4 Å². The standard InChI is InChI=1S/C13H21N3O2/c1-10(2)15(4)9-8-14-12-6-5-7-13(11(12)3)16(17)18/h5-7,10,14H,8-9H2,1-4H3. The molecule has 0 aromatic heterocycles. The normalized spacial score (nSPS) is 11.0. The van der Waals surface area contributed by atoms with Gasteiger partial charge in [-0.15, -0.1) is 0 Å². The van der Waals surface area contributed by atoms with Crippen LogP contribution in [-0.4, -0.2) is 36.0 Å². The van der Waals surface area contributed by atoms with E-state index in [4.69, 9.17) is 0 Å². The van der Waals surface area contributed by atoms with Crippen LogP contribution in [0.1, 0.15) is 19.4 Å². The van der Waals surface area contributed by atoms with Crippen molar-refractivity contribution < 1.29 is 4.92 Å². The van der Waals surface area contributed by atoms with Gasteiger partial charge < -0.3 is 10.2 Å². The second kappa shape index (κ2) is 6.35. The summed E-state index contributed by atoms with van der Waals surface area (Å²) >= 11 is 0. The summed E-state index contributed by atoms with van der Waals surface area (Å²) in [5, 5.41) is 14.1. The van der Waals surface area contributed by atoms with Crippen molar-refractivity contribution in [1.29, 1.82) is 0 Å². The number of anilines is 1. The number of likely N-dealkylation sites (N-methyl/N-ethyl adjacent to an activating group) is 1. The third-order valence-corrected chi connectivity index (χ3v) is 3.16. The Bertz CT molecular complexity index is 419. The van der Waals surface area contributed by atoms with Crippen LogP contribution in [0.15, 0.2) is 18.2 Å². The molecule has 0 amide bonds. The molecule has 0 atom stereocenters. The van der Waals surface area contributed by atoms with E-state index in [-0.39, 0.29) is 10.6 Å². The molecule has 5 heteroatoms. The average Bonchev–Trinajstić information content (AvgIpc) is 2.30. The molecule has 5 nitrogen and oxygen atoms in total. The average molecular weight is 251 g/mol. The van der Waals surface area contributed by atoms with Gasteiger partial charge in [-0.1, -0.05) is 6.07 Å². The number of nitrogens with zero attached hydrogens (tertiary/aromatic N) is 2. The van der Waals surface area contributed by atoms with Crippen molar-refractivity contribution in [1.82, 2.24) is 4.90 Å². The van der Waals surface area contributed by atoms with E-state index < -0.39 is 0 Å². The number of rotatable bonds is 6. The van der Waals surface area contributed by atoms with E-state index in [1.54, 1.807) is 13.0 Å². The van der Waals surface area contributed by atoms with E-state index in [1.165, 1.54) is 6.07 Å². The summed E-state index contributed by atoms with van der Waals surface area (Å²) < 4.78 is 0. The molecule has 0 aliphatic rings. The Morgan fingerprint density at radius 3 is 2.67 bits per heavy atom. The summed E-state index contributed by atoms with van der Waals surface area (Å²) in [4.78, 5) is 12.7. The smallest absolute Gasteiger partial charge is 0.274 e. The Balaban J connectivity index is 2.63. The summed E-state index contributed by atoms with van der Waals surface area (Å²) in [7, 11) is 2.06. The first-order valence-corrected chi connectivity index (χ1v) is 6.11. The Labute approximate surface area is 108 Å². The first-order valence-electron chi connectivity index (χ1n) is 6.11. The maximum Gasteiger partial charge on any atom is 0.274 e. The molecule has 100 valence electrons. The molecule has 0 spiro atoms. The Kier molecular flexibility index (Phi) is 5.09. The van der Waals surface area contributed by atoms with Crippen LogP contribution >= 0.6 is 0 Å². The van der Waals surface area contributed by atoms with Gasteiger partial charge in [0.1, 0.15) is 0 Å². The van der Waals surface area contributed by atoms with E-state index in [0.717, 1.165) is 18.8 Å². The van der Waals surface area contributed by atoms with Crippen molar-refractivity contribution in [2.75, 3.05) is 25.5 Å². The molecule has 1 N–H and O–H groups in total. The van der Waals surface area contributed by atoms with E-state index >= 15 is 0 Å². The van der Waals surface area contributed by atoms with Gasteiger partial charge in [-0.2, -0.15) is 0 Å². The zero-order valence-electron chi connectivity index (χ0n) is 11.4. The van der Waals surface area contributed by atoms with Gasteiger partial charge in [0, 0.05) is 36.4 Å². The number of hydrogen-bond acceptors (Lipinski definition) is 4. The van der Waals surface area contributed by atoms with Gasteiger partial charge in [0.15, 0.2) is 0 Å². The number of nitro groups is 1. The SMILES string of the molecule is Cc1c(NCCN(C)C(C)C)cccc1[N+](=O)[O-]. The van der Waals surface area contributed by atoms with Crippen molar-refractivity contribution >= 4 is 11.4 Å². The van der Waals surface area contributed by atoms with Crippen LogP contribution in [0, 0.1) is 17.0 Å². The molecule has 0 aliphatic heterocycles. The van der Waals surface area contributed by atoms with Crippen LogP contribution in [0.2, 0.25) is 0 Å². The van der Waals surface area contributed by atoms with Gasteiger partial charge in [0.25, 0.3) is 5.69 Å². The highest BCUT2D eigenvalue weighted by Crippen LogP contribution is 2.24. The first kappa shape index (κ1) is 14.4. The quantitative estimate of drug-likeness (QED) is 0.623. The van der Waals surface area contributed by atoms with Gasteiger partial charge in [-0.25, -0.2) is 0 Å². The van der Waals surface area contributed by atoms with Crippen LogP contribution in [0.3, 0.4) is 0 Å². The highest BCUT2D eigenvalue weighted by atomic mass is 16.6. The highest BCUT2D eigenvalue weighted by Gasteiger charge is 2.12. The van der Waals surface area contributed by atoms with Crippen LogP contribution in [0.25, 0.3) is 0 Å². The lowest BCUT2D eigenvalue weighted by Crippen LogP contribution is -2.31. The maximum absolute atomic E-state index is 10.8. The molecule has 0 saturated carbocycles. The van der Waals surface area contributed by atoms with Crippen molar-refractivity contribution in [3.63, 3.8) is 0 Å². The molecule has 18 heavy (non-hydrogen) atoms. The molecule has 1 aromatic carbocycles. The second-order valence-electron chi connectivity index (χ2n) is 4.71. The number of benzene rings is 1. The first-order chi connectivity index (χ1) is 8.43. The summed E-state index contributed by atoms with van der Waals surface area (Å²) in [5.41, 5.74) is 1.69. The number of nitrogens with one attached hydrogen (secondary N) is 1. The molecule has 0 bridgehead atoms. The Morgan fingerprint density at radius 2 is 2.11 bits per heavy atom. The predicted octanol–water partition coefficient (Wildman–Crippen LogP) is 2.66. The third kappa shape index (κ3) is 3.70. The van der Waals surface area contributed by atoms with Crippen LogP contribution in [-0.2, 0) is 0 Å². The fourth-order valence-corrected chi connectivity index (χ4v) is 1.64. The lowest BCUT2D eigenvalue weighted by molar-refractivity contribution is -0.385. The minimum atomic E-state index is -0.346. The molecular weight excluding hydrogens is 230 g/mol. The van der Waals surface area contributed by atoms with Crippen molar-refractivity contribution in [3.8, 4) is 0 Å². The largest absolute Gasteiger partial charge is 0.383 e. The molecule has 0 fully saturated rings. The summed E-state index contributed by atoms with van der Waals surface area (Å²) in [5.74, 6) is 0. The minimum Gasteiger partial charge on any atom is -0.383 e. The summed E-state index contributed by atoms with van der Waals surface area (Å²) in [6, 6.07) is 5.61. The van der Waals surface area contributed by atoms with E-state index in [9.17, 15) is 10.1 Å². The molecule has 0 heterocycles. The van der Waals surface area contributed by atoms with Gasteiger partial charge in [0.05, 0.1) is 4.92 Å². The van der Waals surface area contributed by atoms with Crippen molar-refractivity contribution in [3.05, 3.63) is 33.9 Å². The zero-order valence-corrected chi connectivity index (χ0v) is 11.4. The fraction of sp³-hybridized carbons (Fsp3) is 0.538. The lowest BCUT2D eigenvalue weighted by Gasteiger charge is -2.21. The Hall–Kier alpha value is -1.62. The summed E-state index contributed by atoms with van der Waals surface area (Å²) in [6.07, 6.45) is 0. The van der Waals surface area contributed by atoms with Gasteiger partial charge >= 0.3 is 0 Å². The number of nitro benzene ring substituents is 1. The molecule has 0 unspecified atom stereocenters. The monoisotopic (exact) mass is 251 g/mol. The van der Waals surface area contributed by atoms with Gasteiger partial charge in [-0.05, 0) is 33.9 Å². The van der Waals surface area contributed by atoms with Crippen LogP contribution < -0.4 is 5.32 Å². The van der Waals surface area contributed by atoms with E-state index in [1.807, 2.05) is 6.07 Å². The minimum absolute atomic E-state index is 0.164. The van der Waals surface area contributed by atoms with Gasteiger partial charge in [-0.3, -0.25) is 10.1 Å². The predicted molar refractivity (Wildman–Crippen MR) is 74.1 cm³/mol.